The van der Waals surface area contributed by atoms with E-state index in [1.54, 1.807) is 18.3 Å². The Morgan fingerprint density at radius 3 is 2.85 bits per heavy atom. The van der Waals surface area contributed by atoms with Crippen LogP contribution in [0.1, 0.15) is 30.9 Å². The van der Waals surface area contributed by atoms with E-state index in [0.717, 1.165) is 42.1 Å². The number of aromatic hydroxyl groups is 1. The molecule has 0 bridgehead atoms. The lowest BCUT2D eigenvalue weighted by atomic mass is 9.95. The molecule has 6 rings (SSSR count). The van der Waals surface area contributed by atoms with Gasteiger partial charge in [0.1, 0.15) is 17.1 Å². The number of ether oxygens (including phenoxy) is 1. The Morgan fingerprint density at radius 2 is 2.06 bits per heavy atom. The molecule has 8 heteroatoms. The Bertz CT molecular complexity index is 1450. The highest BCUT2D eigenvalue weighted by Gasteiger charge is 2.31. The van der Waals surface area contributed by atoms with Gasteiger partial charge in [0, 0.05) is 24.8 Å². The number of halogens is 1. The lowest BCUT2D eigenvalue weighted by molar-refractivity contribution is 0.0447. The first kappa shape index (κ1) is 20.4. The van der Waals surface area contributed by atoms with Gasteiger partial charge in [-0.15, -0.1) is 0 Å². The number of fused-ring (bicyclic) bond motifs is 4. The first-order valence-electron chi connectivity index (χ1n) is 11.0. The molecule has 4 aromatic rings. The molecule has 1 fully saturated rings. The predicted octanol–water partition coefficient (Wildman–Crippen LogP) is 4.47. The van der Waals surface area contributed by atoms with Crippen molar-refractivity contribution in [1.29, 1.82) is 0 Å². The van der Waals surface area contributed by atoms with E-state index in [9.17, 15) is 10.2 Å². The molecule has 1 aliphatic heterocycles. The molecule has 2 aromatic carbocycles. The predicted molar refractivity (Wildman–Crippen MR) is 128 cm³/mol. The molecule has 2 aromatic heterocycles. The van der Waals surface area contributed by atoms with Crippen molar-refractivity contribution < 1.29 is 14.9 Å². The number of piperidine rings is 1. The Kier molecular flexibility index (Phi) is 4.44. The normalized spacial score (nSPS) is 19.7. The molecule has 0 radical (unpaired) electrons. The van der Waals surface area contributed by atoms with E-state index >= 15 is 0 Å². The molecular formula is C25H23ClN4O3. The summed E-state index contributed by atoms with van der Waals surface area (Å²) in [5.74, 6) is 0.804. The molecule has 3 heterocycles. The average Bonchev–Trinajstić information content (AvgIpc) is 3.57. The number of hydrogen-bond acceptors (Lipinski definition) is 7. The fraction of sp³-hybridized carbons (Fsp3) is 0.320. The quantitative estimate of drug-likeness (QED) is 0.408. The van der Waals surface area contributed by atoms with Crippen molar-refractivity contribution in [3.05, 3.63) is 46.6 Å². The molecular weight excluding hydrogens is 440 g/mol. The van der Waals surface area contributed by atoms with E-state index in [2.05, 4.69) is 16.0 Å². The van der Waals surface area contributed by atoms with Crippen molar-refractivity contribution >= 4 is 39.1 Å². The fourth-order valence-corrected chi connectivity index (χ4v) is 5.29. The molecule has 1 saturated heterocycles. The van der Waals surface area contributed by atoms with Gasteiger partial charge < -0.3 is 19.8 Å². The van der Waals surface area contributed by atoms with Crippen molar-refractivity contribution in [3.8, 4) is 23.0 Å². The third-order valence-electron chi connectivity index (χ3n) is 6.60. The number of hydrogen-bond donors (Lipinski definition) is 2. The van der Waals surface area contributed by atoms with Crippen molar-refractivity contribution in [2.45, 2.75) is 31.8 Å². The van der Waals surface area contributed by atoms with E-state index in [1.807, 2.05) is 17.9 Å². The lowest BCUT2D eigenvalue weighted by Crippen LogP contribution is -2.46. The minimum Gasteiger partial charge on any atom is -0.508 e. The highest BCUT2D eigenvalue weighted by molar-refractivity contribution is 6.38. The zero-order valence-electron chi connectivity index (χ0n) is 18.4. The van der Waals surface area contributed by atoms with Crippen LogP contribution < -0.4 is 9.64 Å². The molecule has 168 valence electrons. The van der Waals surface area contributed by atoms with Crippen LogP contribution in [0, 0.1) is 0 Å². The number of anilines is 1. The summed E-state index contributed by atoms with van der Waals surface area (Å²) >= 11 is 6.94. The minimum atomic E-state index is -0.802. The van der Waals surface area contributed by atoms with Crippen LogP contribution in [0.2, 0.25) is 5.02 Å². The summed E-state index contributed by atoms with van der Waals surface area (Å²) in [6.45, 7) is 3.04. The van der Waals surface area contributed by atoms with Gasteiger partial charge in [0.05, 0.1) is 28.8 Å². The fourth-order valence-electron chi connectivity index (χ4n) is 4.99. The molecule has 0 unspecified atom stereocenters. The first-order valence-corrected chi connectivity index (χ1v) is 11.4. The largest absolute Gasteiger partial charge is 0.508 e. The number of phenols is 1. The summed E-state index contributed by atoms with van der Waals surface area (Å²) in [7, 11) is 1.52. The van der Waals surface area contributed by atoms with Crippen LogP contribution >= 0.6 is 11.6 Å². The second kappa shape index (κ2) is 7.17. The van der Waals surface area contributed by atoms with Crippen molar-refractivity contribution in [2.75, 3.05) is 25.1 Å². The van der Waals surface area contributed by atoms with Gasteiger partial charge in [0.25, 0.3) is 0 Å². The monoisotopic (exact) mass is 462 g/mol. The zero-order chi connectivity index (χ0) is 22.9. The maximum atomic E-state index is 10.6. The van der Waals surface area contributed by atoms with Gasteiger partial charge in [-0.2, -0.15) is 9.97 Å². The van der Waals surface area contributed by atoms with Crippen molar-refractivity contribution in [2.24, 2.45) is 0 Å². The second-order valence-corrected chi connectivity index (χ2v) is 9.59. The summed E-state index contributed by atoms with van der Waals surface area (Å²) in [5.41, 5.74) is 3.63. The highest BCUT2D eigenvalue weighted by Crippen LogP contribution is 2.45. The standard InChI is InChI=1S/C25H23ClN4O3/c1-25(32)6-3-7-30(12-25)23-18-11-27-21(20(26)22(18)28-24(29-23)33-2)17-10-15(31)8-14-5-4-13-9-16(13)19(14)17/h4-5,8,10-11,31-32H,3,6-7,9,12H2,1-2H3/t25-/m1/s1. The Morgan fingerprint density at radius 1 is 1.21 bits per heavy atom. The number of benzene rings is 2. The average molecular weight is 463 g/mol. The number of aromatic nitrogens is 3. The molecule has 1 atom stereocenters. The summed E-state index contributed by atoms with van der Waals surface area (Å²) in [4.78, 5) is 15.9. The Balaban J connectivity index is 1.58. The van der Waals surface area contributed by atoms with Gasteiger partial charge in [0.15, 0.2) is 0 Å². The Hall–Kier alpha value is -3.16. The number of methoxy groups -OCH3 is 1. The van der Waals surface area contributed by atoms with Gasteiger partial charge in [-0.05, 0) is 60.2 Å². The molecule has 1 aliphatic carbocycles. The second-order valence-electron chi connectivity index (χ2n) is 9.21. The number of pyridine rings is 1. The number of rotatable bonds is 3. The molecule has 33 heavy (non-hydrogen) atoms. The highest BCUT2D eigenvalue weighted by atomic mass is 35.5. The van der Waals surface area contributed by atoms with Gasteiger partial charge in [-0.3, -0.25) is 4.98 Å². The number of aliphatic hydroxyl groups is 1. The first-order chi connectivity index (χ1) is 15.8. The van der Waals surface area contributed by atoms with Crippen LogP contribution in [0.5, 0.6) is 11.8 Å². The molecule has 0 spiro atoms. The van der Waals surface area contributed by atoms with Crippen LogP contribution in [0.4, 0.5) is 5.82 Å². The molecule has 7 nitrogen and oxygen atoms in total. The van der Waals surface area contributed by atoms with Gasteiger partial charge in [-0.25, -0.2) is 0 Å². The van der Waals surface area contributed by atoms with Gasteiger partial charge in [0.2, 0.25) is 0 Å². The summed E-state index contributed by atoms with van der Waals surface area (Å²) in [5, 5.41) is 24.1. The zero-order valence-corrected chi connectivity index (χ0v) is 19.1. The number of phenolic OH excluding ortho intramolecular Hbond substituents is 1. The third kappa shape index (κ3) is 3.34. The maximum absolute atomic E-state index is 10.6. The molecule has 2 aliphatic rings. The summed E-state index contributed by atoms with van der Waals surface area (Å²) < 4.78 is 5.39. The minimum absolute atomic E-state index is 0.160. The topological polar surface area (TPSA) is 91.6 Å². The van der Waals surface area contributed by atoms with Crippen molar-refractivity contribution in [3.63, 3.8) is 0 Å². The van der Waals surface area contributed by atoms with Crippen LogP contribution in [-0.2, 0) is 6.42 Å². The molecule has 0 amide bonds. The van der Waals surface area contributed by atoms with E-state index in [-0.39, 0.29) is 11.8 Å². The molecule has 2 N–H and O–H groups in total. The smallest absolute Gasteiger partial charge is 0.318 e. The Labute approximate surface area is 195 Å². The van der Waals surface area contributed by atoms with E-state index < -0.39 is 5.60 Å². The van der Waals surface area contributed by atoms with Gasteiger partial charge >= 0.3 is 6.01 Å². The van der Waals surface area contributed by atoms with E-state index in [0.29, 0.717) is 34.0 Å². The van der Waals surface area contributed by atoms with Crippen LogP contribution in [-0.4, -0.2) is 51.0 Å². The maximum Gasteiger partial charge on any atom is 0.318 e. The van der Waals surface area contributed by atoms with Crippen LogP contribution in [0.3, 0.4) is 0 Å². The third-order valence-corrected chi connectivity index (χ3v) is 6.96. The molecule has 0 saturated carbocycles. The lowest BCUT2D eigenvalue weighted by Gasteiger charge is -2.37. The summed E-state index contributed by atoms with van der Waals surface area (Å²) in [6, 6.07) is 7.79. The van der Waals surface area contributed by atoms with E-state index in [4.69, 9.17) is 21.3 Å². The van der Waals surface area contributed by atoms with Crippen LogP contribution in [0.25, 0.3) is 32.9 Å². The summed E-state index contributed by atoms with van der Waals surface area (Å²) in [6.07, 6.45) is 4.25. The van der Waals surface area contributed by atoms with Crippen molar-refractivity contribution in [1.82, 2.24) is 15.0 Å². The SMILES string of the molecule is COc1nc(N2CCC[C@@](C)(O)C2)c2cnc(-c3cc(O)cc4ccc5c(c34)C5)c(Cl)c2n1. The van der Waals surface area contributed by atoms with Crippen LogP contribution in [0.15, 0.2) is 30.5 Å². The number of nitrogens with zero attached hydrogens (tertiary/aromatic N) is 4. The van der Waals surface area contributed by atoms with Gasteiger partial charge in [-0.1, -0.05) is 23.7 Å². The number of β-amino-alcohol motifs (C(OH)–C–C–N with tert-alkyl or cyclic N) is 1. The van der Waals surface area contributed by atoms with E-state index in [1.165, 1.54) is 18.2 Å².